The van der Waals surface area contributed by atoms with Gasteiger partial charge >= 0.3 is 0 Å². The predicted molar refractivity (Wildman–Crippen MR) is 64.2 cm³/mol. The first kappa shape index (κ1) is 10.2. The second kappa shape index (κ2) is 3.69. The fraction of sp³-hybridized carbons (Fsp3) is 0.462. The van der Waals surface area contributed by atoms with Crippen molar-refractivity contribution in [2.75, 3.05) is 0 Å². The van der Waals surface area contributed by atoms with E-state index in [0.717, 1.165) is 5.52 Å². The molecule has 0 saturated carbocycles. The third kappa shape index (κ3) is 1.76. The van der Waals surface area contributed by atoms with E-state index in [1.807, 2.05) is 6.33 Å². The first-order chi connectivity index (χ1) is 7.09. The number of hydrogen-bond donors (Lipinski definition) is 0. The van der Waals surface area contributed by atoms with Crippen LogP contribution in [-0.2, 0) is 0 Å². The fourth-order valence-electron chi connectivity index (χ4n) is 1.82. The highest BCUT2D eigenvalue weighted by Crippen LogP contribution is 2.22. The first-order valence-corrected chi connectivity index (χ1v) is 5.56. The van der Waals surface area contributed by atoms with Crippen LogP contribution in [0.3, 0.4) is 0 Å². The number of nitrogens with zero attached hydrogens (tertiary/aromatic N) is 2. The van der Waals surface area contributed by atoms with Crippen molar-refractivity contribution in [3.8, 4) is 0 Å². The van der Waals surface area contributed by atoms with Crippen LogP contribution in [0, 0.1) is 0 Å². The molecule has 2 rings (SSSR count). The van der Waals surface area contributed by atoms with Gasteiger partial charge in [0.15, 0.2) is 0 Å². The van der Waals surface area contributed by atoms with E-state index in [4.69, 9.17) is 0 Å². The molecule has 15 heavy (non-hydrogen) atoms. The average Bonchev–Trinajstić information content (AvgIpc) is 2.59. The van der Waals surface area contributed by atoms with Crippen LogP contribution in [0.4, 0.5) is 0 Å². The Hall–Kier alpha value is -1.31. The van der Waals surface area contributed by atoms with Crippen molar-refractivity contribution in [1.29, 1.82) is 0 Å². The number of rotatable bonds is 2. The van der Waals surface area contributed by atoms with Crippen molar-refractivity contribution in [2.24, 2.45) is 0 Å². The van der Waals surface area contributed by atoms with Gasteiger partial charge in [0, 0.05) is 6.04 Å². The average molecular weight is 202 g/mol. The number of benzene rings is 1. The van der Waals surface area contributed by atoms with Crippen LogP contribution in [-0.4, -0.2) is 9.55 Å². The molecule has 0 N–H and O–H groups in total. The van der Waals surface area contributed by atoms with E-state index in [1.165, 1.54) is 11.1 Å². The lowest BCUT2D eigenvalue weighted by atomic mass is 10.0. The van der Waals surface area contributed by atoms with Crippen LogP contribution in [0.15, 0.2) is 24.5 Å². The van der Waals surface area contributed by atoms with Gasteiger partial charge in [0.1, 0.15) is 0 Å². The maximum atomic E-state index is 4.45. The lowest BCUT2D eigenvalue weighted by Gasteiger charge is -2.09. The van der Waals surface area contributed by atoms with E-state index >= 15 is 0 Å². The summed E-state index contributed by atoms with van der Waals surface area (Å²) in [6.45, 7) is 8.77. The lowest BCUT2D eigenvalue weighted by Crippen LogP contribution is -1.98. The van der Waals surface area contributed by atoms with Crippen LogP contribution in [0.25, 0.3) is 11.0 Å². The van der Waals surface area contributed by atoms with Crippen LogP contribution in [0.5, 0.6) is 0 Å². The van der Waals surface area contributed by atoms with Crippen molar-refractivity contribution >= 4 is 11.0 Å². The minimum atomic E-state index is 0.472. The van der Waals surface area contributed by atoms with E-state index in [9.17, 15) is 0 Å². The van der Waals surface area contributed by atoms with Gasteiger partial charge in [-0.15, -0.1) is 0 Å². The van der Waals surface area contributed by atoms with Crippen molar-refractivity contribution in [2.45, 2.75) is 39.7 Å². The topological polar surface area (TPSA) is 17.8 Å². The van der Waals surface area contributed by atoms with E-state index < -0.39 is 0 Å². The van der Waals surface area contributed by atoms with Gasteiger partial charge in [-0.05, 0) is 37.5 Å². The Morgan fingerprint density at radius 3 is 2.47 bits per heavy atom. The molecule has 0 saturated heterocycles. The van der Waals surface area contributed by atoms with Crippen molar-refractivity contribution in [3.05, 3.63) is 30.1 Å². The van der Waals surface area contributed by atoms with Gasteiger partial charge in [-0.1, -0.05) is 19.9 Å². The molecule has 1 aromatic carbocycles. The minimum Gasteiger partial charge on any atom is -0.328 e. The monoisotopic (exact) mass is 202 g/mol. The smallest absolute Gasteiger partial charge is 0.0960 e. The lowest BCUT2D eigenvalue weighted by molar-refractivity contribution is 0.617. The molecule has 0 fully saturated rings. The van der Waals surface area contributed by atoms with E-state index in [2.05, 4.69) is 55.4 Å². The normalized spacial score (nSPS) is 11.9. The van der Waals surface area contributed by atoms with Crippen molar-refractivity contribution < 1.29 is 0 Å². The van der Waals surface area contributed by atoms with Crippen molar-refractivity contribution in [3.63, 3.8) is 0 Å². The molecule has 2 nitrogen and oxygen atoms in total. The SMILES string of the molecule is CC(C)c1ccc2c(c1)ncn2C(C)C. The summed E-state index contributed by atoms with van der Waals surface area (Å²) in [5, 5.41) is 0. The molecule has 0 bridgehead atoms. The summed E-state index contributed by atoms with van der Waals surface area (Å²) < 4.78 is 2.21. The summed E-state index contributed by atoms with van der Waals surface area (Å²) in [6.07, 6.45) is 1.93. The molecule has 0 atom stereocenters. The molecule has 1 heterocycles. The highest BCUT2D eigenvalue weighted by molar-refractivity contribution is 5.76. The van der Waals surface area contributed by atoms with Gasteiger partial charge in [-0.2, -0.15) is 0 Å². The summed E-state index contributed by atoms with van der Waals surface area (Å²) in [5.41, 5.74) is 3.70. The van der Waals surface area contributed by atoms with Gasteiger partial charge in [0.2, 0.25) is 0 Å². The molecular formula is C13H18N2. The highest BCUT2D eigenvalue weighted by Gasteiger charge is 2.07. The summed E-state index contributed by atoms with van der Waals surface area (Å²) in [4.78, 5) is 4.45. The number of imidazole rings is 1. The molecule has 80 valence electrons. The Kier molecular flexibility index (Phi) is 2.51. The Bertz CT molecular complexity index is 466. The molecule has 2 heteroatoms. The molecule has 0 amide bonds. The summed E-state index contributed by atoms with van der Waals surface area (Å²) in [6, 6.07) is 7.05. The quantitative estimate of drug-likeness (QED) is 0.725. The zero-order valence-electron chi connectivity index (χ0n) is 9.86. The molecule has 0 radical (unpaired) electrons. The zero-order chi connectivity index (χ0) is 11.0. The van der Waals surface area contributed by atoms with Gasteiger partial charge in [0.05, 0.1) is 17.4 Å². The second-order valence-electron chi connectivity index (χ2n) is 4.65. The zero-order valence-corrected chi connectivity index (χ0v) is 9.86. The largest absolute Gasteiger partial charge is 0.328 e. The Morgan fingerprint density at radius 1 is 1.13 bits per heavy atom. The molecule has 0 aliphatic rings. The minimum absolute atomic E-state index is 0.472. The maximum absolute atomic E-state index is 4.45. The van der Waals surface area contributed by atoms with Gasteiger partial charge < -0.3 is 4.57 Å². The van der Waals surface area contributed by atoms with Crippen LogP contribution >= 0.6 is 0 Å². The summed E-state index contributed by atoms with van der Waals surface area (Å²) >= 11 is 0. The van der Waals surface area contributed by atoms with Crippen LogP contribution < -0.4 is 0 Å². The van der Waals surface area contributed by atoms with Gasteiger partial charge in [-0.25, -0.2) is 4.98 Å². The number of hydrogen-bond acceptors (Lipinski definition) is 1. The Labute approximate surface area is 90.9 Å². The third-order valence-electron chi connectivity index (χ3n) is 2.82. The Morgan fingerprint density at radius 2 is 1.87 bits per heavy atom. The standard InChI is InChI=1S/C13H18N2/c1-9(2)11-5-6-13-12(7-11)14-8-15(13)10(3)4/h5-10H,1-4H3. The number of aromatic nitrogens is 2. The maximum Gasteiger partial charge on any atom is 0.0960 e. The number of fused-ring (bicyclic) bond motifs is 1. The molecule has 2 aromatic rings. The second-order valence-corrected chi connectivity index (χ2v) is 4.65. The first-order valence-electron chi connectivity index (χ1n) is 5.56. The van der Waals surface area contributed by atoms with Crippen molar-refractivity contribution in [1.82, 2.24) is 9.55 Å². The molecular weight excluding hydrogens is 184 g/mol. The third-order valence-corrected chi connectivity index (χ3v) is 2.82. The fourth-order valence-corrected chi connectivity index (χ4v) is 1.82. The molecule has 0 spiro atoms. The summed E-state index contributed by atoms with van der Waals surface area (Å²) in [5.74, 6) is 0.568. The van der Waals surface area contributed by atoms with Gasteiger partial charge in [0.25, 0.3) is 0 Å². The Balaban J connectivity index is 2.57. The molecule has 0 aliphatic heterocycles. The van der Waals surface area contributed by atoms with Crippen LogP contribution in [0.1, 0.15) is 45.2 Å². The predicted octanol–water partition coefficient (Wildman–Crippen LogP) is 3.74. The highest BCUT2D eigenvalue weighted by atomic mass is 15.1. The molecule has 0 aliphatic carbocycles. The molecule has 1 aromatic heterocycles. The van der Waals surface area contributed by atoms with E-state index in [0.29, 0.717) is 12.0 Å². The van der Waals surface area contributed by atoms with Gasteiger partial charge in [-0.3, -0.25) is 0 Å². The van der Waals surface area contributed by atoms with E-state index in [1.54, 1.807) is 0 Å². The molecule has 0 unspecified atom stereocenters. The van der Waals surface area contributed by atoms with Crippen LogP contribution in [0.2, 0.25) is 0 Å². The van der Waals surface area contributed by atoms with E-state index in [-0.39, 0.29) is 0 Å². The summed E-state index contributed by atoms with van der Waals surface area (Å²) in [7, 11) is 0.